The average Bonchev–Trinajstić information content (AvgIpc) is 2.48. The lowest BCUT2D eigenvalue weighted by molar-refractivity contribution is -0.137. The quantitative estimate of drug-likeness (QED) is 0.848. The first-order valence-electron chi connectivity index (χ1n) is 6.36. The number of methoxy groups -OCH3 is 1. The van der Waals surface area contributed by atoms with E-state index >= 15 is 0 Å². The van der Waals surface area contributed by atoms with Crippen LogP contribution in [0.25, 0.3) is 0 Å². The second kappa shape index (κ2) is 6.61. The molecule has 2 aromatic rings. The lowest BCUT2D eigenvalue weighted by atomic mass is 10.1. The highest BCUT2D eigenvalue weighted by Crippen LogP contribution is 2.18. The lowest BCUT2D eigenvalue weighted by Gasteiger charge is -2.16. The van der Waals surface area contributed by atoms with Crippen LogP contribution in [0.3, 0.4) is 0 Å². The van der Waals surface area contributed by atoms with Gasteiger partial charge in [0.05, 0.1) is 7.11 Å². The zero-order valence-corrected chi connectivity index (χ0v) is 11.2. The predicted molar refractivity (Wildman–Crippen MR) is 78.2 cm³/mol. The van der Waals surface area contributed by atoms with E-state index in [2.05, 4.69) is 5.32 Å². The zero-order valence-electron chi connectivity index (χ0n) is 11.2. The number of rotatable bonds is 6. The number of anilines is 1. The van der Waals surface area contributed by atoms with E-state index in [1.807, 2.05) is 48.5 Å². The number of aliphatic carboxylic acids is 1. The molecule has 0 bridgehead atoms. The maximum absolute atomic E-state index is 11.4. The molecule has 20 heavy (non-hydrogen) atoms. The summed E-state index contributed by atoms with van der Waals surface area (Å²) in [4.78, 5) is 11.4. The number of carboxylic acids is 1. The van der Waals surface area contributed by atoms with Gasteiger partial charge in [0.15, 0.2) is 0 Å². The Morgan fingerprint density at radius 3 is 2.60 bits per heavy atom. The number of hydrogen-bond acceptors (Lipinski definition) is 3. The molecule has 1 atom stereocenters. The van der Waals surface area contributed by atoms with E-state index in [9.17, 15) is 9.90 Å². The molecular formula is C16H17NO3. The van der Waals surface area contributed by atoms with Gasteiger partial charge in [-0.15, -0.1) is 0 Å². The van der Waals surface area contributed by atoms with E-state index in [0.717, 1.165) is 11.3 Å². The molecule has 0 fully saturated rings. The largest absolute Gasteiger partial charge is 0.497 e. The summed E-state index contributed by atoms with van der Waals surface area (Å²) >= 11 is 0. The van der Waals surface area contributed by atoms with Gasteiger partial charge in [0.2, 0.25) is 0 Å². The number of benzene rings is 2. The summed E-state index contributed by atoms with van der Waals surface area (Å²) < 4.78 is 5.13. The number of hydrogen-bond donors (Lipinski definition) is 2. The predicted octanol–water partition coefficient (Wildman–Crippen LogP) is 2.80. The highest BCUT2D eigenvalue weighted by molar-refractivity contribution is 5.77. The van der Waals surface area contributed by atoms with E-state index in [1.54, 1.807) is 13.2 Å². The van der Waals surface area contributed by atoms with Crippen LogP contribution in [0.15, 0.2) is 54.6 Å². The maximum Gasteiger partial charge on any atom is 0.326 e. The molecule has 0 aliphatic rings. The Hall–Kier alpha value is -2.49. The molecule has 0 aromatic heterocycles. The standard InChI is InChI=1S/C16H17NO3/c1-20-14-9-5-8-13(11-14)17-15(16(18)19)10-12-6-3-2-4-7-12/h2-9,11,15,17H,10H2,1H3,(H,18,19). The Morgan fingerprint density at radius 2 is 1.95 bits per heavy atom. The van der Waals surface area contributed by atoms with Gasteiger partial charge in [0.25, 0.3) is 0 Å². The van der Waals surface area contributed by atoms with Crippen molar-refractivity contribution < 1.29 is 14.6 Å². The Kier molecular flexibility index (Phi) is 4.60. The summed E-state index contributed by atoms with van der Waals surface area (Å²) in [6, 6.07) is 16.1. The van der Waals surface area contributed by atoms with Gasteiger partial charge in [0, 0.05) is 18.2 Å². The number of carbonyl (C=O) groups is 1. The summed E-state index contributed by atoms with van der Waals surface area (Å²) in [5.41, 5.74) is 1.71. The highest BCUT2D eigenvalue weighted by Gasteiger charge is 2.17. The van der Waals surface area contributed by atoms with Gasteiger partial charge in [-0.1, -0.05) is 36.4 Å². The Morgan fingerprint density at radius 1 is 1.20 bits per heavy atom. The third-order valence-corrected chi connectivity index (χ3v) is 2.99. The molecule has 104 valence electrons. The molecule has 0 saturated heterocycles. The van der Waals surface area contributed by atoms with Crippen LogP contribution >= 0.6 is 0 Å². The minimum Gasteiger partial charge on any atom is -0.497 e. The Labute approximate surface area is 118 Å². The van der Waals surface area contributed by atoms with Crippen molar-refractivity contribution in [1.82, 2.24) is 0 Å². The topological polar surface area (TPSA) is 58.6 Å². The first-order valence-corrected chi connectivity index (χ1v) is 6.36. The molecule has 0 aliphatic heterocycles. The molecule has 2 rings (SSSR count). The van der Waals surface area contributed by atoms with Crippen LogP contribution in [-0.2, 0) is 11.2 Å². The van der Waals surface area contributed by atoms with Crippen molar-refractivity contribution in [3.8, 4) is 5.75 Å². The van der Waals surface area contributed by atoms with E-state index in [0.29, 0.717) is 12.2 Å². The molecule has 4 nitrogen and oxygen atoms in total. The van der Waals surface area contributed by atoms with Crippen LogP contribution in [0.1, 0.15) is 5.56 Å². The summed E-state index contributed by atoms with van der Waals surface area (Å²) in [6.45, 7) is 0. The molecule has 1 unspecified atom stereocenters. The van der Waals surface area contributed by atoms with E-state index < -0.39 is 12.0 Å². The number of nitrogens with one attached hydrogen (secondary N) is 1. The van der Waals surface area contributed by atoms with Crippen molar-refractivity contribution in [3.63, 3.8) is 0 Å². The van der Waals surface area contributed by atoms with Crippen molar-refractivity contribution >= 4 is 11.7 Å². The fourth-order valence-electron chi connectivity index (χ4n) is 1.96. The van der Waals surface area contributed by atoms with Crippen molar-refractivity contribution in [2.75, 3.05) is 12.4 Å². The van der Waals surface area contributed by atoms with Crippen LogP contribution in [0.2, 0.25) is 0 Å². The minimum atomic E-state index is -0.878. The summed E-state index contributed by atoms with van der Waals surface area (Å²) in [5.74, 6) is -0.185. The van der Waals surface area contributed by atoms with Gasteiger partial charge in [0.1, 0.15) is 11.8 Å². The third kappa shape index (κ3) is 3.75. The molecule has 0 radical (unpaired) electrons. The fourth-order valence-corrected chi connectivity index (χ4v) is 1.96. The van der Waals surface area contributed by atoms with Crippen molar-refractivity contribution in [1.29, 1.82) is 0 Å². The van der Waals surface area contributed by atoms with Gasteiger partial charge in [-0.3, -0.25) is 0 Å². The highest BCUT2D eigenvalue weighted by atomic mass is 16.5. The van der Waals surface area contributed by atoms with Gasteiger partial charge >= 0.3 is 5.97 Å². The number of carboxylic acid groups (broad SMARTS) is 1. The van der Waals surface area contributed by atoms with Crippen LogP contribution < -0.4 is 10.1 Å². The van der Waals surface area contributed by atoms with Gasteiger partial charge < -0.3 is 15.2 Å². The summed E-state index contributed by atoms with van der Waals surface area (Å²) in [7, 11) is 1.58. The first-order chi connectivity index (χ1) is 9.69. The van der Waals surface area contributed by atoms with Gasteiger partial charge in [-0.05, 0) is 17.7 Å². The summed E-state index contributed by atoms with van der Waals surface area (Å²) in [5, 5.41) is 12.4. The maximum atomic E-state index is 11.4. The van der Waals surface area contributed by atoms with E-state index in [-0.39, 0.29) is 0 Å². The Bertz CT molecular complexity index is 569. The molecule has 0 heterocycles. The molecule has 0 amide bonds. The zero-order chi connectivity index (χ0) is 14.4. The fraction of sp³-hybridized carbons (Fsp3) is 0.188. The molecule has 2 N–H and O–H groups in total. The monoisotopic (exact) mass is 271 g/mol. The Balaban J connectivity index is 2.11. The van der Waals surface area contributed by atoms with Crippen LogP contribution in [0.4, 0.5) is 5.69 Å². The average molecular weight is 271 g/mol. The molecule has 4 heteroatoms. The SMILES string of the molecule is COc1cccc(NC(Cc2ccccc2)C(=O)O)c1. The van der Waals surface area contributed by atoms with Crippen LogP contribution in [0.5, 0.6) is 5.75 Å². The van der Waals surface area contributed by atoms with Crippen molar-refractivity contribution in [2.24, 2.45) is 0 Å². The van der Waals surface area contributed by atoms with Gasteiger partial charge in [-0.25, -0.2) is 4.79 Å². The third-order valence-electron chi connectivity index (χ3n) is 2.99. The van der Waals surface area contributed by atoms with E-state index in [4.69, 9.17) is 4.74 Å². The second-order valence-electron chi connectivity index (χ2n) is 4.46. The van der Waals surface area contributed by atoms with E-state index in [1.165, 1.54) is 0 Å². The smallest absolute Gasteiger partial charge is 0.326 e. The van der Waals surface area contributed by atoms with Crippen molar-refractivity contribution in [3.05, 3.63) is 60.2 Å². The summed E-state index contributed by atoms with van der Waals surface area (Å²) in [6.07, 6.45) is 0.424. The second-order valence-corrected chi connectivity index (χ2v) is 4.46. The van der Waals surface area contributed by atoms with Crippen LogP contribution in [-0.4, -0.2) is 24.2 Å². The van der Waals surface area contributed by atoms with Crippen LogP contribution in [0, 0.1) is 0 Å². The first kappa shape index (κ1) is 13.9. The molecule has 0 spiro atoms. The normalized spacial score (nSPS) is 11.7. The van der Waals surface area contributed by atoms with Gasteiger partial charge in [-0.2, -0.15) is 0 Å². The molecule has 0 saturated carbocycles. The van der Waals surface area contributed by atoms with Crippen molar-refractivity contribution in [2.45, 2.75) is 12.5 Å². The molecule has 2 aromatic carbocycles. The molecular weight excluding hydrogens is 254 g/mol. The lowest BCUT2D eigenvalue weighted by Crippen LogP contribution is -2.31. The molecule has 0 aliphatic carbocycles. The number of ether oxygens (including phenoxy) is 1. The minimum absolute atomic E-state index is 0.424.